The molecule has 0 atom stereocenters. The van der Waals surface area contributed by atoms with Gasteiger partial charge in [0.2, 0.25) is 0 Å². The second kappa shape index (κ2) is 12.9. The zero-order valence-electron chi connectivity index (χ0n) is 21.7. The molecule has 1 aliphatic carbocycles. The number of fused-ring (bicyclic) bond motifs is 1. The Morgan fingerprint density at radius 2 is 1.43 bits per heavy atom. The number of halogens is 1. The number of unbranched alkanes of at least 4 members (excludes halogenated alkanes) is 3. The summed E-state index contributed by atoms with van der Waals surface area (Å²) in [5.41, 5.74) is 4.12. The molecule has 0 bridgehead atoms. The third-order valence-corrected chi connectivity index (χ3v) is 8.00. The minimum atomic E-state index is -0.0400. The maximum Gasteiger partial charge on any atom is 0.134 e. The van der Waals surface area contributed by atoms with Crippen molar-refractivity contribution in [2.24, 2.45) is 11.8 Å². The van der Waals surface area contributed by atoms with E-state index in [1.165, 1.54) is 63.4 Å². The van der Waals surface area contributed by atoms with Crippen LogP contribution in [-0.2, 0) is 12.8 Å². The Labute approximate surface area is 212 Å². The van der Waals surface area contributed by atoms with E-state index in [-0.39, 0.29) is 5.82 Å². The number of hydrogen-bond acceptors (Lipinski definition) is 0. The van der Waals surface area contributed by atoms with Gasteiger partial charge >= 0.3 is 0 Å². The van der Waals surface area contributed by atoms with Gasteiger partial charge in [-0.1, -0.05) is 114 Å². The summed E-state index contributed by atoms with van der Waals surface area (Å²) < 4.78 is 15.3. The predicted octanol–water partition coefficient (Wildman–Crippen LogP) is 9.65. The molecule has 3 aromatic carbocycles. The molecule has 0 spiro atoms. The molecule has 1 saturated carbocycles. The molecule has 1 aliphatic rings. The molecule has 4 rings (SSSR count). The first-order chi connectivity index (χ1) is 17.2. The normalized spacial score (nSPS) is 17.8. The van der Waals surface area contributed by atoms with E-state index in [1.54, 1.807) is 0 Å². The summed E-state index contributed by atoms with van der Waals surface area (Å²) in [5, 5.41) is 1.65. The van der Waals surface area contributed by atoms with Crippen molar-refractivity contribution in [3.8, 4) is 11.8 Å². The summed E-state index contributed by atoms with van der Waals surface area (Å²) in [4.78, 5) is 0. The van der Waals surface area contributed by atoms with Gasteiger partial charge in [-0.3, -0.25) is 0 Å². The standard InChI is InChI=1S/C34H41F/c1-3-5-6-7-8-27-13-15-29(16-14-27)19-21-31-22-23-32-25-30(20-24-33(32)34(31)35)18-17-28-11-9-26(4-2)10-12-28/h9-12,20,22-25,27,29H,3-8,13-16,19,21H2,1-2H3. The van der Waals surface area contributed by atoms with E-state index >= 15 is 4.39 Å². The van der Waals surface area contributed by atoms with Crippen LogP contribution in [0.2, 0.25) is 0 Å². The molecule has 0 aromatic heterocycles. The largest absolute Gasteiger partial charge is 0.206 e. The third kappa shape index (κ3) is 7.20. The van der Waals surface area contributed by atoms with Crippen LogP contribution in [0.25, 0.3) is 10.8 Å². The van der Waals surface area contributed by atoms with E-state index in [4.69, 9.17) is 0 Å². The fourth-order valence-electron chi connectivity index (χ4n) is 5.60. The molecule has 1 heteroatoms. The lowest BCUT2D eigenvalue weighted by Crippen LogP contribution is -2.15. The molecule has 0 amide bonds. The molecule has 3 aromatic rings. The van der Waals surface area contributed by atoms with Crippen LogP contribution >= 0.6 is 0 Å². The first-order valence-electron chi connectivity index (χ1n) is 14.0. The first-order valence-corrected chi connectivity index (χ1v) is 14.0. The smallest absolute Gasteiger partial charge is 0.134 e. The highest BCUT2D eigenvalue weighted by atomic mass is 19.1. The highest BCUT2D eigenvalue weighted by Gasteiger charge is 2.21. The Balaban J connectivity index is 1.32. The second-order valence-electron chi connectivity index (χ2n) is 10.5. The van der Waals surface area contributed by atoms with Crippen molar-refractivity contribution in [2.75, 3.05) is 0 Å². The number of benzene rings is 3. The maximum absolute atomic E-state index is 15.3. The molecular formula is C34H41F. The van der Waals surface area contributed by atoms with Crippen LogP contribution < -0.4 is 0 Å². The summed E-state index contributed by atoms with van der Waals surface area (Å²) in [5.74, 6) is 8.14. The van der Waals surface area contributed by atoms with Crippen LogP contribution in [0.4, 0.5) is 4.39 Å². The average molecular weight is 469 g/mol. The molecule has 0 aliphatic heterocycles. The van der Waals surface area contributed by atoms with Crippen LogP contribution in [0.5, 0.6) is 0 Å². The Kier molecular flexibility index (Phi) is 9.42. The van der Waals surface area contributed by atoms with Gasteiger partial charge in [-0.2, -0.15) is 0 Å². The van der Waals surface area contributed by atoms with E-state index < -0.39 is 0 Å². The Morgan fingerprint density at radius 3 is 2.14 bits per heavy atom. The molecule has 35 heavy (non-hydrogen) atoms. The SMILES string of the molecule is CCCCCCC1CCC(CCc2ccc3cc(C#Cc4ccc(CC)cc4)ccc3c2F)CC1. The van der Waals surface area contributed by atoms with Crippen molar-refractivity contribution < 1.29 is 4.39 Å². The van der Waals surface area contributed by atoms with Crippen molar-refractivity contribution in [1.29, 1.82) is 0 Å². The zero-order chi connectivity index (χ0) is 24.5. The quantitative estimate of drug-likeness (QED) is 0.216. The van der Waals surface area contributed by atoms with Crippen LogP contribution in [0.3, 0.4) is 0 Å². The van der Waals surface area contributed by atoms with Gasteiger partial charge < -0.3 is 0 Å². The van der Waals surface area contributed by atoms with Crippen LogP contribution in [0.15, 0.2) is 54.6 Å². The summed E-state index contributed by atoms with van der Waals surface area (Å²) >= 11 is 0. The molecule has 1 fully saturated rings. The molecule has 0 radical (unpaired) electrons. The molecule has 0 N–H and O–H groups in total. The monoisotopic (exact) mass is 468 g/mol. The van der Waals surface area contributed by atoms with Crippen molar-refractivity contribution in [3.05, 3.63) is 82.7 Å². The maximum atomic E-state index is 15.3. The molecule has 184 valence electrons. The van der Waals surface area contributed by atoms with Gasteiger partial charge in [0.05, 0.1) is 0 Å². The van der Waals surface area contributed by atoms with E-state index in [0.29, 0.717) is 0 Å². The van der Waals surface area contributed by atoms with Gasteiger partial charge in [-0.15, -0.1) is 0 Å². The van der Waals surface area contributed by atoms with Gasteiger partial charge in [0.25, 0.3) is 0 Å². The summed E-state index contributed by atoms with van der Waals surface area (Å²) in [6.45, 7) is 4.44. The molecule has 0 saturated heterocycles. The van der Waals surface area contributed by atoms with E-state index in [9.17, 15) is 0 Å². The Hall–Kier alpha value is -2.59. The second-order valence-corrected chi connectivity index (χ2v) is 10.5. The van der Waals surface area contributed by atoms with E-state index in [1.807, 2.05) is 24.3 Å². The van der Waals surface area contributed by atoms with Gasteiger partial charge in [-0.25, -0.2) is 4.39 Å². The van der Waals surface area contributed by atoms with Gasteiger partial charge in [0.15, 0.2) is 0 Å². The van der Waals surface area contributed by atoms with Crippen molar-refractivity contribution >= 4 is 10.8 Å². The van der Waals surface area contributed by atoms with Crippen LogP contribution in [-0.4, -0.2) is 0 Å². The minimum absolute atomic E-state index is 0.0400. The Bertz CT molecular complexity index is 1140. The lowest BCUT2D eigenvalue weighted by Gasteiger charge is -2.28. The van der Waals surface area contributed by atoms with E-state index in [0.717, 1.165) is 58.6 Å². The summed E-state index contributed by atoms with van der Waals surface area (Å²) in [6, 6.07) is 18.3. The predicted molar refractivity (Wildman–Crippen MR) is 148 cm³/mol. The lowest BCUT2D eigenvalue weighted by atomic mass is 9.77. The fourth-order valence-corrected chi connectivity index (χ4v) is 5.60. The number of aryl methyl sites for hydroxylation is 2. The molecule has 0 nitrogen and oxygen atoms in total. The molecular weight excluding hydrogens is 427 g/mol. The van der Waals surface area contributed by atoms with Crippen molar-refractivity contribution in [2.45, 2.75) is 90.9 Å². The highest BCUT2D eigenvalue weighted by molar-refractivity contribution is 5.85. The first kappa shape index (κ1) is 25.5. The van der Waals surface area contributed by atoms with Crippen LogP contribution in [0.1, 0.15) is 100 Å². The lowest BCUT2D eigenvalue weighted by molar-refractivity contribution is 0.248. The summed E-state index contributed by atoms with van der Waals surface area (Å²) in [7, 11) is 0. The molecule has 0 unspecified atom stereocenters. The van der Waals surface area contributed by atoms with E-state index in [2.05, 4.69) is 56.0 Å². The van der Waals surface area contributed by atoms with Gasteiger partial charge in [-0.05, 0) is 71.9 Å². The number of rotatable bonds is 9. The minimum Gasteiger partial charge on any atom is -0.206 e. The number of hydrogen-bond donors (Lipinski definition) is 0. The van der Waals surface area contributed by atoms with Gasteiger partial charge in [0, 0.05) is 16.5 Å². The molecule has 0 heterocycles. The van der Waals surface area contributed by atoms with Crippen molar-refractivity contribution in [3.63, 3.8) is 0 Å². The fraction of sp³-hybridized carbons (Fsp3) is 0.471. The van der Waals surface area contributed by atoms with Crippen LogP contribution in [0, 0.1) is 29.5 Å². The third-order valence-electron chi connectivity index (χ3n) is 8.00. The van der Waals surface area contributed by atoms with Crippen molar-refractivity contribution in [1.82, 2.24) is 0 Å². The Morgan fingerprint density at radius 1 is 0.743 bits per heavy atom. The highest BCUT2D eigenvalue weighted by Crippen LogP contribution is 2.35. The summed E-state index contributed by atoms with van der Waals surface area (Å²) in [6.07, 6.45) is 15.4. The average Bonchev–Trinajstić information content (AvgIpc) is 2.90. The van der Waals surface area contributed by atoms with Gasteiger partial charge in [0.1, 0.15) is 5.82 Å². The zero-order valence-corrected chi connectivity index (χ0v) is 21.7. The topological polar surface area (TPSA) is 0 Å².